The molecule has 0 amide bonds. The first-order chi connectivity index (χ1) is 14.6. The zero-order chi connectivity index (χ0) is 21.2. The van der Waals surface area contributed by atoms with Crippen molar-refractivity contribution in [1.82, 2.24) is 10.6 Å². The van der Waals surface area contributed by atoms with Gasteiger partial charge in [0.15, 0.2) is 5.96 Å². The first-order valence-corrected chi connectivity index (χ1v) is 10.7. The van der Waals surface area contributed by atoms with Gasteiger partial charge in [-0.05, 0) is 44.9 Å². The predicted molar refractivity (Wildman–Crippen MR) is 120 cm³/mol. The Hall–Kier alpha value is -2.57. The predicted octanol–water partition coefficient (Wildman–Crippen LogP) is 3.63. The highest BCUT2D eigenvalue weighted by molar-refractivity contribution is 5.79. The van der Waals surface area contributed by atoms with E-state index in [0.717, 1.165) is 55.6 Å². The number of guanidine groups is 1. The van der Waals surface area contributed by atoms with Crippen LogP contribution in [0.2, 0.25) is 0 Å². The van der Waals surface area contributed by atoms with Crippen LogP contribution < -0.4 is 15.4 Å². The largest absolute Gasteiger partial charge is 0.457 e. The fraction of sp³-hybridized carbons (Fsp3) is 0.458. The highest BCUT2D eigenvalue weighted by Crippen LogP contribution is 2.31. The Morgan fingerprint density at radius 2 is 1.97 bits per heavy atom. The maximum atomic E-state index is 9.44. The molecule has 1 fully saturated rings. The number of hydrogen-bond acceptors (Lipinski definition) is 4. The lowest BCUT2D eigenvalue weighted by Crippen LogP contribution is -2.44. The Morgan fingerprint density at radius 3 is 2.67 bits per heavy atom. The fourth-order valence-corrected chi connectivity index (χ4v) is 3.56. The molecule has 2 aromatic carbocycles. The third kappa shape index (κ3) is 6.21. The molecule has 0 spiro atoms. The lowest BCUT2D eigenvalue weighted by atomic mass is 9.84. The Morgan fingerprint density at radius 1 is 1.17 bits per heavy atom. The number of nitrogens with zero attached hydrogens (tertiary/aromatic N) is 1. The summed E-state index contributed by atoms with van der Waals surface area (Å²) in [6, 6.07) is 16.0. The van der Waals surface area contributed by atoms with Gasteiger partial charge in [0.2, 0.25) is 0 Å². The second-order valence-electron chi connectivity index (χ2n) is 7.85. The minimum atomic E-state index is -0.0304. The number of para-hydroxylation sites is 1. The molecule has 1 aliphatic heterocycles. The van der Waals surface area contributed by atoms with Crippen LogP contribution in [0.25, 0.3) is 0 Å². The van der Waals surface area contributed by atoms with Crippen molar-refractivity contribution in [2.75, 3.05) is 32.9 Å². The molecule has 1 aliphatic rings. The van der Waals surface area contributed by atoms with Gasteiger partial charge in [-0.3, -0.25) is 0 Å². The third-order valence-corrected chi connectivity index (χ3v) is 5.43. The van der Waals surface area contributed by atoms with Gasteiger partial charge >= 0.3 is 0 Å². The van der Waals surface area contributed by atoms with Gasteiger partial charge in [0.05, 0.1) is 13.2 Å². The van der Waals surface area contributed by atoms with Crippen LogP contribution in [0.5, 0.6) is 11.5 Å². The van der Waals surface area contributed by atoms with Gasteiger partial charge in [0.25, 0.3) is 0 Å². The highest BCUT2D eigenvalue weighted by Gasteiger charge is 2.34. The van der Waals surface area contributed by atoms with E-state index in [0.29, 0.717) is 13.2 Å². The van der Waals surface area contributed by atoms with E-state index in [-0.39, 0.29) is 12.0 Å². The molecule has 162 valence electrons. The van der Waals surface area contributed by atoms with Crippen LogP contribution in [0.1, 0.15) is 30.9 Å². The molecule has 0 aliphatic carbocycles. The lowest BCUT2D eigenvalue weighted by Gasteiger charge is -2.27. The van der Waals surface area contributed by atoms with Gasteiger partial charge in [-0.15, -0.1) is 0 Å². The van der Waals surface area contributed by atoms with E-state index < -0.39 is 0 Å². The van der Waals surface area contributed by atoms with Gasteiger partial charge in [-0.2, -0.15) is 0 Å². The molecule has 6 nitrogen and oxygen atoms in total. The van der Waals surface area contributed by atoms with Crippen LogP contribution in [0.15, 0.2) is 53.5 Å². The zero-order valence-corrected chi connectivity index (χ0v) is 18.0. The Labute approximate surface area is 179 Å². The molecule has 0 bridgehead atoms. The number of aliphatic imine (C=N–C) groups is 1. The van der Waals surface area contributed by atoms with Gasteiger partial charge < -0.3 is 25.2 Å². The average molecular weight is 412 g/mol. The molecule has 0 radical (unpaired) electrons. The van der Waals surface area contributed by atoms with Crippen molar-refractivity contribution in [2.24, 2.45) is 10.4 Å². The summed E-state index contributed by atoms with van der Waals surface area (Å²) < 4.78 is 11.7. The molecule has 0 aromatic heterocycles. The second-order valence-corrected chi connectivity index (χ2v) is 7.85. The van der Waals surface area contributed by atoms with E-state index in [2.05, 4.69) is 17.6 Å². The van der Waals surface area contributed by atoms with E-state index >= 15 is 0 Å². The molecule has 0 saturated carbocycles. The summed E-state index contributed by atoms with van der Waals surface area (Å²) in [5, 5.41) is 16.2. The second kappa shape index (κ2) is 11.0. The van der Waals surface area contributed by atoms with Gasteiger partial charge in [0, 0.05) is 37.3 Å². The smallest absolute Gasteiger partial charge is 0.191 e. The molecule has 6 heteroatoms. The molecule has 1 heterocycles. The highest BCUT2D eigenvalue weighted by atomic mass is 16.5. The summed E-state index contributed by atoms with van der Waals surface area (Å²) in [7, 11) is 0. The van der Waals surface area contributed by atoms with Gasteiger partial charge in [0.1, 0.15) is 11.5 Å². The van der Waals surface area contributed by atoms with Crippen molar-refractivity contribution < 1.29 is 14.6 Å². The van der Waals surface area contributed by atoms with Gasteiger partial charge in [-0.25, -0.2) is 4.99 Å². The first kappa shape index (κ1) is 22.1. The van der Waals surface area contributed by atoms with Crippen LogP contribution in [0.4, 0.5) is 0 Å². The standard InChI is InChI=1S/C24H33N3O3/c1-3-25-23(27-17-24(12-14-28)13-15-29-18-24)26-16-20-6-4-5-7-22(20)30-21-10-8-19(2)9-11-21/h4-11,28H,3,12-18H2,1-2H3,(H2,25,26,27). The van der Waals surface area contributed by atoms with Crippen molar-refractivity contribution >= 4 is 5.96 Å². The van der Waals surface area contributed by atoms with E-state index in [1.807, 2.05) is 55.5 Å². The molecule has 1 saturated heterocycles. The summed E-state index contributed by atoms with van der Waals surface area (Å²) in [6.45, 7) is 7.70. The first-order valence-electron chi connectivity index (χ1n) is 10.7. The number of benzene rings is 2. The SMILES string of the molecule is CCNC(=NCc1ccccc1Oc1ccc(C)cc1)NCC1(CCO)CCOC1. The molecule has 2 aromatic rings. The number of aliphatic hydroxyl groups is 1. The van der Waals surface area contributed by atoms with Crippen molar-refractivity contribution in [2.45, 2.75) is 33.2 Å². The Balaban J connectivity index is 1.67. The lowest BCUT2D eigenvalue weighted by molar-refractivity contribution is 0.127. The molecular weight excluding hydrogens is 378 g/mol. The average Bonchev–Trinajstić information content (AvgIpc) is 3.22. The number of nitrogens with one attached hydrogen (secondary N) is 2. The van der Waals surface area contributed by atoms with Crippen LogP contribution >= 0.6 is 0 Å². The Kier molecular flexibility index (Phi) is 8.11. The molecule has 1 atom stereocenters. The number of aliphatic hydroxyl groups excluding tert-OH is 1. The topological polar surface area (TPSA) is 75.1 Å². The molecule has 30 heavy (non-hydrogen) atoms. The summed E-state index contributed by atoms with van der Waals surface area (Å²) in [5.74, 6) is 2.38. The molecular formula is C24H33N3O3. The van der Waals surface area contributed by atoms with E-state index in [1.165, 1.54) is 5.56 Å². The number of ether oxygens (including phenoxy) is 2. The quantitative estimate of drug-likeness (QED) is 0.434. The maximum Gasteiger partial charge on any atom is 0.191 e. The molecule has 3 rings (SSSR count). The number of aryl methyl sites for hydroxylation is 1. The Bertz CT molecular complexity index is 815. The van der Waals surface area contributed by atoms with Crippen LogP contribution in [0, 0.1) is 12.3 Å². The van der Waals surface area contributed by atoms with E-state index in [1.54, 1.807) is 0 Å². The summed E-state index contributed by atoms with van der Waals surface area (Å²) in [4.78, 5) is 4.76. The monoisotopic (exact) mass is 411 g/mol. The normalized spacial score (nSPS) is 19.0. The van der Waals surface area contributed by atoms with E-state index in [4.69, 9.17) is 14.5 Å². The minimum absolute atomic E-state index is 0.0304. The van der Waals surface area contributed by atoms with Crippen LogP contribution in [0.3, 0.4) is 0 Å². The fourth-order valence-electron chi connectivity index (χ4n) is 3.56. The summed E-state index contributed by atoms with van der Waals surface area (Å²) in [6.07, 6.45) is 1.68. The summed E-state index contributed by atoms with van der Waals surface area (Å²) >= 11 is 0. The summed E-state index contributed by atoms with van der Waals surface area (Å²) in [5.41, 5.74) is 2.19. The molecule has 1 unspecified atom stereocenters. The van der Waals surface area contributed by atoms with Gasteiger partial charge in [-0.1, -0.05) is 35.9 Å². The van der Waals surface area contributed by atoms with E-state index in [9.17, 15) is 5.11 Å². The number of rotatable bonds is 9. The van der Waals surface area contributed by atoms with Crippen molar-refractivity contribution in [3.8, 4) is 11.5 Å². The third-order valence-electron chi connectivity index (χ3n) is 5.43. The maximum absolute atomic E-state index is 9.44. The van der Waals surface area contributed by atoms with Crippen molar-refractivity contribution in [3.05, 3.63) is 59.7 Å². The van der Waals surface area contributed by atoms with Crippen molar-refractivity contribution in [3.63, 3.8) is 0 Å². The van der Waals surface area contributed by atoms with Crippen LogP contribution in [-0.4, -0.2) is 44.0 Å². The minimum Gasteiger partial charge on any atom is -0.457 e. The number of hydrogen-bond donors (Lipinski definition) is 3. The molecule has 3 N–H and O–H groups in total. The van der Waals surface area contributed by atoms with Crippen molar-refractivity contribution in [1.29, 1.82) is 0 Å². The van der Waals surface area contributed by atoms with Crippen LogP contribution in [-0.2, 0) is 11.3 Å². The zero-order valence-electron chi connectivity index (χ0n) is 18.0.